The topological polar surface area (TPSA) is 50.9 Å². The number of pyridine rings is 1. The minimum atomic E-state index is -4.42. The highest BCUT2D eigenvalue weighted by Crippen LogP contribution is 2.30. The zero-order chi connectivity index (χ0) is 18.6. The van der Waals surface area contributed by atoms with Crippen molar-refractivity contribution in [2.24, 2.45) is 0 Å². The number of halogens is 3. The van der Waals surface area contributed by atoms with Gasteiger partial charge in [0, 0.05) is 30.4 Å². The van der Waals surface area contributed by atoms with Crippen molar-refractivity contribution in [3.8, 4) is 0 Å². The summed E-state index contributed by atoms with van der Waals surface area (Å²) in [6, 6.07) is 8.33. The molecular formula is C19H16F3N3O. The van der Waals surface area contributed by atoms with E-state index in [1.54, 1.807) is 47.7 Å². The van der Waals surface area contributed by atoms with Crippen molar-refractivity contribution in [2.45, 2.75) is 18.3 Å². The molecule has 3 rings (SSSR count). The van der Waals surface area contributed by atoms with Gasteiger partial charge in [-0.3, -0.25) is 4.98 Å². The molecule has 3 aromatic rings. The highest BCUT2D eigenvalue weighted by atomic mass is 19.4. The van der Waals surface area contributed by atoms with E-state index in [2.05, 4.69) is 9.97 Å². The van der Waals surface area contributed by atoms with E-state index in [0.29, 0.717) is 11.1 Å². The van der Waals surface area contributed by atoms with E-state index >= 15 is 0 Å². The number of nitrogens with zero attached hydrogens (tertiary/aromatic N) is 3. The lowest BCUT2D eigenvalue weighted by Crippen LogP contribution is -2.29. The molecule has 0 fully saturated rings. The van der Waals surface area contributed by atoms with Gasteiger partial charge >= 0.3 is 6.18 Å². The molecule has 1 atom stereocenters. The highest BCUT2D eigenvalue weighted by molar-refractivity contribution is 5.53. The van der Waals surface area contributed by atoms with Gasteiger partial charge in [0.2, 0.25) is 0 Å². The lowest BCUT2D eigenvalue weighted by Gasteiger charge is -2.25. The van der Waals surface area contributed by atoms with Crippen LogP contribution in [-0.4, -0.2) is 19.6 Å². The van der Waals surface area contributed by atoms with Crippen molar-refractivity contribution in [1.29, 1.82) is 0 Å². The summed E-state index contributed by atoms with van der Waals surface area (Å²) in [6.07, 6.45) is 6.46. The number of imidazole rings is 1. The Balaban J connectivity index is 1.94. The molecule has 0 unspecified atom stereocenters. The standard InChI is InChI=1S/C19H16F3N3O/c20-19(21,22)16-4-1-3-15(11-16)6-7-18(26,13-25-10-9-24-14-25)17-5-2-8-23-12-17/h1-12,14,26H,13H2/b7-6+/t18-/m1/s1. The van der Waals surface area contributed by atoms with Gasteiger partial charge in [0.05, 0.1) is 18.4 Å². The maximum Gasteiger partial charge on any atom is 0.416 e. The molecule has 0 aliphatic carbocycles. The second-order valence-corrected chi connectivity index (χ2v) is 5.86. The number of alkyl halides is 3. The van der Waals surface area contributed by atoms with Crippen LogP contribution in [0.4, 0.5) is 13.2 Å². The Morgan fingerprint density at radius 3 is 2.50 bits per heavy atom. The molecule has 134 valence electrons. The molecule has 1 aromatic carbocycles. The minimum Gasteiger partial charge on any atom is -0.379 e. The Morgan fingerprint density at radius 2 is 1.85 bits per heavy atom. The molecule has 2 aromatic heterocycles. The first kappa shape index (κ1) is 17.9. The fourth-order valence-electron chi connectivity index (χ4n) is 2.57. The summed E-state index contributed by atoms with van der Waals surface area (Å²) < 4.78 is 40.3. The fraction of sp³-hybridized carbons (Fsp3) is 0.158. The first-order chi connectivity index (χ1) is 12.4. The second kappa shape index (κ2) is 7.13. The van der Waals surface area contributed by atoms with Crippen molar-refractivity contribution in [3.05, 3.63) is 90.3 Å². The predicted octanol–water partition coefficient (Wildman–Crippen LogP) is 3.90. The summed E-state index contributed by atoms with van der Waals surface area (Å²) >= 11 is 0. The van der Waals surface area contributed by atoms with Gasteiger partial charge in [0.1, 0.15) is 5.60 Å². The van der Waals surface area contributed by atoms with Crippen LogP contribution in [0.2, 0.25) is 0 Å². The minimum absolute atomic E-state index is 0.147. The first-order valence-corrected chi connectivity index (χ1v) is 7.82. The molecule has 1 N–H and O–H groups in total. The average Bonchev–Trinajstić information content (AvgIpc) is 3.13. The van der Waals surface area contributed by atoms with E-state index in [4.69, 9.17) is 0 Å². The Morgan fingerprint density at radius 1 is 1.04 bits per heavy atom. The Hall–Kier alpha value is -2.93. The van der Waals surface area contributed by atoms with Crippen LogP contribution in [-0.2, 0) is 18.3 Å². The third-order valence-corrected chi connectivity index (χ3v) is 3.91. The molecule has 26 heavy (non-hydrogen) atoms. The summed E-state index contributed by atoms with van der Waals surface area (Å²) in [5, 5.41) is 11.1. The number of hydrogen-bond donors (Lipinski definition) is 1. The van der Waals surface area contributed by atoms with Gasteiger partial charge < -0.3 is 9.67 Å². The summed E-state index contributed by atoms with van der Waals surface area (Å²) in [4.78, 5) is 7.96. The quantitative estimate of drug-likeness (QED) is 0.752. The van der Waals surface area contributed by atoms with E-state index in [0.717, 1.165) is 12.1 Å². The van der Waals surface area contributed by atoms with Crippen LogP contribution < -0.4 is 0 Å². The van der Waals surface area contributed by atoms with Gasteiger partial charge in [0.25, 0.3) is 0 Å². The number of aliphatic hydroxyl groups is 1. The van der Waals surface area contributed by atoms with E-state index in [9.17, 15) is 18.3 Å². The zero-order valence-corrected chi connectivity index (χ0v) is 13.6. The fourth-order valence-corrected chi connectivity index (χ4v) is 2.57. The maximum absolute atomic E-state index is 12.9. The Bertz CT molecular complexity index is 877. The first-order valence-electron chi connectivity index (χ1n) is 7.82. The van der Waals surface area contributed by atoms with Gasteiger partial charge in [-0.1, -0.05) is 24.3 Å². The molecule has 0 bridgehead atoms. The molecule has 0 aliphatic rings. The number of hydrogen-bond acceptors (Lipinski definition) is 3. The largest absolute Gasteiger partial charge is 0.416 e. The third-order valence-electron chi connectivity index (χ3n) is 3.91. The number of rotatable bonds is 5. The van der Waals surface area contributed by atoms with Crippen LogP contribution in [0, 0.1) is 0 Å². The SMILES string of the molecule is O[C@](/C=C/c1cccc(C(F)(F)F)c1)(Cn1ccnc1)c1cccnc1. The number of aromatic nitrogens is 3. The number of benzene rings is 1. The summed E-state index contributed by atoms with van der Waals surface area (Å²) in [5.74, 6) is 0. The van der Waals surface area contributed by atoms with Gasteiger partial charge in [-0.15, -0.1) is 0 Å². The van der Waals surface area contributed by atoms with E-state index in [-0.39, 0.29) is 6.54 Å². The second-order valence-electron chi connectivity index (χ2n) is 5.86. The predicted molar refractivity (Wildman–Crippen MR) is 90.8 cm³/mol. The van der Waals surface area contributed by atoms with Gasteiger partial charge in [-0.25, -0.2) is 4.98 Å². The summed E-state index contributed by atoms with van der Waals surface area (Å²) in [7, 11) is 0. The summed E-state index contributed by atoms with van der Waals surface area (Å²) in [6.45, 7) is 0.147. The van der Waals surface area contributed by atoms with E-state index in [1.165, 1.54) is 24.4 Å². The molecule has 2 heterocycles. The molecule has 0 spiro atoms. The summed E-state index contributed by atoms with van der Waals surface area (Å²) in [5.41, 5.74) is -1.33. The highest BCUT2D eigenvalue weighted by Gasteiger charge is 2.30. The Labute approximate surface area is 148 Å². The third kappa shape index (κ3) is 4.18. The van der Waals surface area contributed by atoms with Crippen LogP contribution in [0.15, 0.2) is 73.6 Å². The zero-order valence-electron chi connectivity index (χ0n) is 13.6. The van der Waals surface area contributed by atoms with Crippen LogP contribution >= 0.6 is 0 Å². The molecule has 0 aliphatic heterocycles. The van der Waals surface area contributed by atoms with Crippen molar-refractivity contribution in [1.82, 2.24) is 14.5 Å². The van der Waals surface area contributed by atoms with Crippen LogP contribution in [0.3, 0.4) is 0 Å². The molecule has 0 saturated carbocycles. The van der Waals surface area contributed by atoms with Crippen molar-refractivity contribution >= 4 is 6.08 Å². The normalized spacial score (nSPS) is 14.5. The van der Waals surface area contributed by atoms with Crippen molar-refractivity contribution in [3.63, 3.8) is 0 Å². The van der Waals surface area contributed by atoms with Gasteiger partial charge in [-0.2, -0.15) is 13.2 Å². The monoisotopic (exact) mass is 359 g/mol. The van der Waals surface area contributed by atoms with Crippen molar-refractivity contribution < 1.29 is 18.3 Å². The van der Waals surface area contributed by atoms with Crippen LogP contribution in [0.1, 0.15) is 16.7 Å². The van der Waals surface area contributed by atoms with Gasteiger partial charge in [0.15, 0.2) is 0 Å². The van der Waals surface area contributed by atoms with E-state index in [1.807, 2.05) is 0 Å². The van der Waals surface area contributed by atoms with E-state index < -0.39 is 17.3 Å². The Kier molecular flexibility index (Phi) is 4.90. The average molecular weight is 359 g/mol. The van der Waals surface area contributed by atoms with Crippen LogP contribution in [0.25, 0.3) is 6.08 Å². The molecule has 0 radical (unpaired) electrons. The molecular weight excluding hydrogens is 343 g/mol. The molecule has 4 nitrogen and oxygen atoms in total. The van der Waals surface area contributed by atoms with Crippen LogP contribution in [0.5, 0.6) is 0 Å². The van der Waals surface area contributed by atoms with Crippen molar-refractivity contribution in [2.75, 3.05) is 0 Å². The molecule has 0 amide bonds. The maximum atomic E-state index is 12.9. The molecule has 0 saturated heterocycles. The lowest BCUT2D eigenvalue weighted by molar-refractivity contribution is -0.137. The van der Waals surface area contributed by atoms with Gasteiger partial charge in [-0.05, 0) is 29.8 Å². The molecule has 7 heteroatoms. The lowest BCUT2D eigenvalue weighted by atomic mass is 9.93. The smallest absolute Gasteiger partial charge is 0.379 e.